The Hall–Kier alpha value is -4.17. The smallest absolute Gasteiger partial charge is 0.312 e. The number of carbonyl (C=O) groups is 3. The number of nitrogens with zero attached hydrogens (tertiary/aromatic N) is 1. The van der Waals surface area contributed by atoms with Gasteiger partial charge in [-0.15, -0.1) is 0 Å². The van der Waals surface area contributed by atoms with E-state index in [1.807, 2.05) is 86.6 Å². The third kappa shape index (κ3) is 10.5. The minimum atomic E-state index is -0.709. The van der Waals surface area contributed by atoms with Crippen molar-refractivity contribution < 1.29 is 14.4 Å². The van der Waals surface area contributed by atoms with Gasteiger partial charge in [0.1, 0.15) is 6.04 Å². The Balaban J connectivity index is 0.000000364. The fourth-order valence-electron chi connectivity index (χ4n) is 3.54. The Labute approximate surface area is 218 Å². The molecular formula is C29H37N5O3. The molecule has 4 amide bonds. The van der Waals surface area contributed by atoms with Crippen LogP contribution in [-0.4, -0.2) is 41.4 Å². The van der Waals surface area contributed by atoms with Crippen molar-refractivity contribution in [3.05, 3.63) is 96.1 Å². The molecule has 0 saturated carbocycles. The normalized spacial score (nSPS) is 11.9. The summed E-state index contributed by atoms with van der Waals surface area (Å²) >= 11 is 0. The second-order valence-corrected chi connectivity index (χ2v) is 9.55. The summed E-state index contributed by atoms with van der Waals surface area (Å²) in [5.74, 6) is -0.791. The fraction of sp³-hybridized carbons (Fsp3) is 0.276. The van der Waals surface area contributed by atoms with Gasteiger partial charge in [-0.25, -0.2) is 4.79 Å². The molecule has 3 rings (SSSR count). The molecule has 0 spiro atoms. The van der Waals surface area contributed by atoms with Crippen LogP contribution in [0.2, 0.25) is 0 Å². The maximum Gasteiger partial charge on any atom is 0.312 e. The molecule has 3 aromatic rings. The third-order valence-electron chi connectivity index (χ3n) is 5.60. The predicted octanol–water partition coefficient (Wildman–Crippen LogP) is 3.23. The molecule has 0 unspecified atom stereocenters. The van der Waals surface area contributed by atoms with Crippen LogP contribution in [0, 0.1) is 0 Å². The number of fused-ring (bicyclic) bond motifs is 1. The standard InChI is InChI=1S/C21H27N3O2.C8H10N2O/c1-21(2,23)12-6-9-19(25)24(3)18(20(22)26)14-15-10-11-16-7-4-5-8-17(16)13-15;9-8(11)10-6-7-4-2-1-3-5-7/h4-11,13,18H,12,14,23H2,1-3H3,(H2,22,26);1-5H,6H2,(H3,9,10,11)/b9-6+;/t18-;/m1./s1. The van der Waals surface area contributed by atoms with Gasteiger partial charge in [-0.05, 0) is 48.2 Å². The van der Waals surface area contributed by atoms with E-state index < -0.39 is 18.0 Å². The monoisotopic (exact) mass is 503 g/mol. The molecule has 0 heterocycles. The van der Waals surface area contributed by atoms with Crippen LogP contribution >= 0.6 is 0 Å². The molecule has 0 saturated heterocycles. The first-order valence-corrected chi connectivity index (χ1v) is 12.0. The highest BCUT2D eigenvalue weighted by molar-refractivity contribution is 5.92. The molecule has 3 aromatic carbocycles. The van der Waals surface area contributed by atoms with Crippen molar-refractivity contribution in [2.24, 2.45) is 17.2 Å². The van der Waals surface area contributed by atoms with Crippen molar-refractivity contribution in [3.63, 3.8) is 0 Å². The summed E-state index contributed by atoms with van der Waals surface area (Å²) in [6.07, 6.45) is 4.12. The van der Waals surface area contributed by atoms with Gasteiger partial charge in [0, 0.05) is 25.6 Å². The number of likely N-dealkylation sites (N-methyl/N-ethyl adjacent to an activating group) is 1. The lowest BCUT2D eigenvalue weighted by atomic mass is 10.00. The number of primary amides is 2. The Bertz CT molecular complexity index is 1220. The molecule has 0 fully saturated rings. The molecule has 8 heteroatoms. The van der Waals surface area contributed by atoms with Crippen LogP contribution in [0.25, 0.3) is 10.8 Å². The SMILES string of the molecule is CN(C(=O)/C=C/CC(C)(C)N)[C@H](Cc1ccc2ccccc2c1)C(N)=O.NC(=O)NCc1ccccc1. The molecule has 0 aliphatic rings. The van der Waals surface area contributed by atoms with Crippen molar-refractivity contribution in [1.82, 2.24) is 10.2 Å². The number of hydrogen-bond acceptors (Lipinski definition) is 4. The minimum absolute atomic E-state index is 0.265. The van der Waals surface area contributed by atoms with E-state index in [1.54, 1.807) is 13.1 Å². The Morgan fingerprint density at radius 1 is 0.919 bits per heavy atom. The van der Waals surface area contributed by atoms with E-state index in [9.17, 15) is 14.4 Å². The first kappa shape index (κ1) is 29.1. The third-order valence-corrected chi connectivity index (χ3v) is 5.60. The maximum absolute atomic E-state index is 12.4. The zero-order valence-electron chi connectivity index (χ0n) is 21.7. The molecule has 196 valence electrons. The number of benzene rings is 3. The second kappa shape index (κ2) is 13.8. The van der Waals surface area contributed by atoms with Crippen LogP contribution in [-0.2, 0) is 22.6 Å². The molecule has 0 bridgehead atoms. The molecule has 0 aliphatic carbocycles. The zero-order chi connectivity index (χ0) is 27.4. The van der Waals surface area contributed by atoms with E-state index in [-0.39, 0.29) is 11.4 Å². The maximum atomic E-state index is 12.4. The van der Waals surface area contributed by atoms with Gasteiger partial charge in [0.15, 0.2) is 0 Å². The largest absolute Gasteiger partial charge is 0.368 e. The molecule has 0 aromatic heterocycles. The quantitative estimate of drug-likeness (QED) is 0.332. The number of nitrogens with one attached hydrogen (secondary N) is 1. The van der Waals surface area contributed by atoms with E-state index in [0.29, 0.717) is 19.4 Å². The predicted molar refractivity (Wildman–Crippen MR) is 148 cm³/mol. The van der Waals surface area contributed by atoms with Crippen LogP contribution < -0.4 is 22.5 Å². The molecular weight excluding hydrogens is 466 g/mol. The van der Waals surface area contributed by atoms with Crippen molar-refractivity contribution in [1.29, 1.82) is 0 Å². The van der Waals surface area contributed by atoms with E-state index in [4.69, 9.17) is 17.2 Å². The number of carbonyl (C=O) groups excluding carboxylic acids is 3. The highest BCUT2D eigenvalue weighted by Crippen LogP contribution is 2.18. The molecule has 0 radical (unpaired) electrons. The van der Waals surface area contributed by atoms with Gasteiger partial charge in [0.2, 0.25) is 11.8 Å². The van der Waals surface area contributed by atoms with Crippen LogP contribution in [0.1, 0.15) is 31.4 Å². The van der Waals surface area contributed by atoms with Crippen molar-refractivity contribution in [2.45, 2.75) is 44.8 Å². The van der Waals surface area contributed by atoms with Gasteiger partial charge in [-0.2, -0.15) is 0 Å². The average molecular weight is 504 g/mol. The Morgan fingerprint density at radius 3 is 2.14 bits per heavy atom. The summed E-state index contributed by atoms with van der Waals surface area (Å²) in [6, 6.07) is 22.4. The zero-order valence-corrected chi connectivity index (χ0v) is 21.7. The Morgan fingerprint density at radius 2 is 1.54 bits per heavy atom. The lowest BCUT2D eigenvalue weighted by molar-refractivity contribution is -0.134. The number of amides is 4. The van der Waals surface area contributed by atoms with Crippen LogP contribution in [0.3, 0.4) is 0 Å². The molecule has 7 N–H and O–H groups in total. The average Bonchev–Trinajstić information content (AvgIpc) is 2.85. The number of rotatable bonds is 9. The van der Waals surface area contributed by atoms with Gasteiger partial charge in [0.25, 0.3) is 0 Å². The summed E-state index contributed by atoms with van der Waals surface area (Å²) in [5.41, 5.74) is 18.0. The van der Waals surface area contributed by atoms with Crippen LogP contribution in [0.5, 0.6) is 0 Å². The summed E-state index contributed by atoms with van der Waals surface area (Å²) in [6.45, 7) is 4.27. The lowest BCUT2D eigenvalue weighted by Gasteiger charge is -2.25. The molecule has 37 heavy (non-hydrogen) atoms. The molecule has 0 aliphatic heterocycles. The summed E-state index contributed by atoms with van der Waals surface area (Å²) in [5, 5.41) is 4.72. The summed E-state index contributed by atoms with van der Waals surface area (Å²) in [7, 11) is 1.59. The van der Waals surface area contributed by atoms with Gasteiger partial charge in [0.05, 0.1) is 0 Å². The number of urea groups is 1. The van der Waals surface area contributed by atoms with E-state index in [1.165, 1.54) is 11.0 Å². The van der Waals surface area contributed by atoms with Gasteiger partial charge in [-0.1, -0.05) is 78.9 Å². The van der Waals surface area contributed by atoms with E-state index in [2.05, 4.69) is 5.32 Å². The van der Waals surface area contributed by atoms with Crippen LogP contribution in [0.4, 0.5) is 4.79 Å². The fourth-order valence-corrected chi connectivity index (χ4v) is 3.54. The minimum Gasteiger partial charge on any atom is -0.368 e. The van der Waals surface area contributed by atoms with Gasteiger partial charge >= 0.3 is 6.03 Å². The molecule has 1 atom stereocenters. The lowest BCUT2D eigenvalue weighted by Crippen LogP contribution is -2.46. The van der Waals surface area contributed by atoms with E-state index >= 15 is 0 Å². The van der Waals surface area contributed by atoms with Gasteiger partial charge in [-0.3, -0.25) is 9.59 Å². The highest BCUT2D eigenvalue weighted by Gasteiger charge is 2.24. The number of nitrogens with two attached hydrogens (primary N) is 3. The van der Waals surface area contributed by atoms with Gasteiger partial charge < -0.3 is 27.4 Å². The Kier molecular flexibility index (Phi) is 10.8. The first-order chi connectivity index (χ1) is 17.5. The highest BCUT2D eigenvalue weighted by atomic mass is 16.2. The van der Waals surface area contributed by atoms with E-state index in [0.717, 1.165) is 21.9 Å². The topological polar surface area (TPSA) is 145 Å². The van der Waals surface area contributed by atoms with Crippen LogP contribution in [0.15, 0.2) is 84.9 Å². The van der Waals surface area contributed by atoms with Crippen molar-refractivity contribution >= 4 is 28.6 Å². The first-order valence-electron chi connectivity index (χ1n) is 12.0. The van der Waals surface area contributed by atoms with Crippen molar-refractivity contribution in [2.75, 3.05) is 7.05 Å². The van der Waals surface area contributed by atoms with Crippen molar-refractivity contribution in [3.8, 4) is 0 Å². The summed E-state index contributed by atoms with van der Waals surface area (Å²) in [4.78, 5) is 36.0. The summed E-state index contributed by atoms with van der Waals surface area (Å²) < 4.78 is 0. The second-order valence-electron chi connectivity index (χ2n) is 9.55. The molecule has 8 nitrogen and oxygen atoms in total. The number of hydrogen-bond donors (Lipinski definition) is 4.